The summed E-state index contributed by atoms with van der Waals surface area (Å²) >= 11 is 0. The highest BCUT2D eigenvalue weighted by Gasteiger charge is 2.03. The normalized spacial score (nSPS) is 10.8. The largest absolute Gasteiger partial charge is 0.491 e. The van der Waals surface area contributed by atoms with E-state index < -0.39 is 0 Å². The Bertz CT molecular complexity index is 525. The lowest BCUT2D eigenvalue weighted by molar-refractivity contribution is 0.311. The number of nitrogens with one attached hydrogen (secondary N) is 1. The standard InChI is InChI=1S/C16H22N2O/c1-3-10-17-11-5-12-19-15-7-4-6-14-9-8-13(2)18-16(14)15/h4,6-9,17H,3,5,10-12H2,1-2H3. The van der Waals surface area contributed by atoms with Gasteiger partial charge in [0.15, 0.2) is 0 Å². The molecule has 0 aliphatic heterocycles. The smallest absolute Gasteiger partial charge is 0.145 e. The minimum absolute atomic E-state index is 0.728. The van der Waals surface area contributed by atoms with Crippen molar-refractivity contribution in [1.82, 2.24) is 10.3 Å². The number of aromatic nitrogens is 1. The quantitative estimate of drug-likeness (QED) is 0.774. The van der Waals surface area contributed by atoms with E-state index in [0.717, 1.165) is 48.5 Å². The van der Waals surface area contributed by atoms with E-state index in [9.17, 15) is 0 Å². The summed E-state index contributed by atoms with van der Waals surface area (Å²) < 4.78 is 5.85. The Morgan fingerprint density at radius 3 is 2.89 bits per heavy atom. The highest BCUT2D eigenvalue weighted by Crippen LogP contribution is 2.23. The van der Waals surface area contributed by atoms with E-state index in [2.05, 4.69) is 29.4 Å². The summed E-state index contributed by atoms with van der Waals surface area (Å²) in [6.45, 7) is 6.99. The zero-order valence-corrected chi connectivity index (χ0v) is 11.8. The Morgan fingerprint density at radius 1 is 1.16 bits per heavy atom. The first kappa shape index (κ1) is 13.8. The van der Waals surface area contributed by atoms with Gasteiger partial charge in [0.25, 0.3) is 0 Å². The maximum Gasteiger partial charge on any atom is 0.145 e. The summed E-state index contributed by atoms with van der Waals surface area (Å²) in [5, 5.41) is 4.50. The first-order valence-corrected chi connectivity index (χ1v) is 7.01. The number of hydrogen-bond acceptors (Lipinski definition) is 3. The van der Waals surface area contributed by atoms with Crippen molar-refractivity contribution in [3.8, 4) is 5.75 Å². The molecule has 0 atom stereocenters. The number of hydrogen-bond donors (Lipinski definition) is 1. The van der Waals surface area contributed by atoms with Gasteiger partial charge >= 0.3 is 0 Å². The summed E-state index contributed by atoms with van der Waals surface area (Å²) in [6.07, 6.45) is 2.19. The molecule has 0 aliphatic rings. The van der Waals surface area contributed by atoms with Crippen LogP contribution in [-0.2, 0) is 0 Å². The van der Waals surface area contributed by atoms with E-state index >= 15 is 0 Å². The molecule has 102 valence electrons. The van der Waals surface area contributed by atoms with Gasteiger partial charge in [-0.25, -0.2) is 4.98 Å². The fourth-order valence-electron chi connectivity index (χ4n) is 2.01. The molecule has 0 saturated heterocycles. The first-order valence-electron chi connectivity index (χ1n) is 7.01. The number of fused-ring (bicyclic) bond motifs is 1. The lowest BCUT2D eigenvalue weighted by Gasteiger charge is -2.09. The van der Waals surface area contributed by atoms with Crippen molar-refractivity contribution >= 4 is 10.9 Å². The van der Waals surface area contributed by atoms with Crippen molar-refractivity contribution < 1.29 is 4.74 Å². The Hall–Kier alpha value is -1.61. The van der Waals surface area contributed by atoms with Crippen LogP contribution in [0.3, 0.4) is 0 Å². The van der Waals surface area contributed by atoms with Crippen molar-refractivity contribution in [2.24, 2.45) is 0 Å². The Kier molecular flexibility index (Phi) is 5.16. The van der Waals surface area contributed by atoms with Gasteiger partial charge in [0, 0.05) is 11.1 Å². The van der Waals surface area contributed by atoms with Gasteiger partial charge < -0.3 is 10.1 Å². The van der Waals surface area contributed by atoms with Gasteiger partial charge in [-0.2, -0.15) is 0 Å². The van der Waals surface area contributed by atoms with Crippen LogP contribution in [0.1, 0.15) is 25.5 Å². The first-order chi connectivity index (χ1) is 9.31. The number of aryl methyl sites for hydroxylation is 1. The van der Waals surface area contributed by atoms with Crippen molar-refractivity contribution in [3.05, 3.63) is 36.0 Å². The van der Waals surface area contributed by atoms with Gasteiger partial charge in [-0.3, -0.25) is 0 Å². The molecule has 1 heterocycles. The van der Waals surface area contributed by atoms with Gasteiger partial charge in [-0.15, -0.1) is 0 Å². The molecule has 3 nitrogen and oxygen atoms in total. The van der Waals surface area contributed by atoms with Gasteiger partial charge in [-0.05, 0) is 45.0 Å². The number of ether oxygens (including phenoxy) is 1. The van der Waals surface area contributed by atoms with Gasteiger partial charge in [0.2, 0.25) is 0 Å². The van der Waals surface area contributed by atoms with Gasteiger partial charge in [-0.1, -0.05) is 25.1 Å². The van der Waals surface area contributed by atoms with Crippen LogP contribution >= 0.6 is 0 Å². The van der Waals surface area contributed by atoms with Crippen molar-refractivity contribution in [1.29, 1.82) is 0 Å². The minimum Gasteiger partial charge on any atom is -0.491 e. The molecule has 0 spiro atoms. The molecule has 0 amide bonds. The fraction of sp³-hybridized carbons (Fsp3) is 0.438. The second kappa shape index (κ2) is 7.10. The molecule has 19 heavy (non-hydrogen) atoms. The van der Waals surface area contributed by atoms with E-state index in [4.69, 9.17) is 4.74 Å². The Labute approximate surface area is 115 Å². The number of para-hydroxylation sites is 1. The molecular formula is C16H22N2O. The highest BCUT2D eigenvalue weighted by molar-refractivity contribution is 5.84. The minimum atomic E-state index is 0.728. The molecule has 0 saturated carbocycles. The predicted octanol–water partition coefficient (Wildman–Crippen LogP) is 3.31. The third kappa shape index (κ3) is 3.93. The lowest BCUT2D eigenvalue weighted by Crippen LogP contribution is -2.18. The number of pyridine rings is 1. The monoisotopic (exact) mass is 258 g/mol. The number of rotatable bonds is 7. The van der Waals surface area contributed by atoms with E-state index in [1.165, 1.54) is 6.42 Å². The van der Waals surface area contributed by atoms with Crippen LogP contribution in [0.2, 0.25) is 0 Å². The Balaban J connectivity index is 1.95. The molecule has 1 N–H and O–H groups in total. The molecule has 0 radical (unpaired) electrons. The zero-order valence-electron chi connectivity index (χ0n) is 11.8. The molecule has 0 aliphatic carbocycles. The van der Waals surface area contributed by atoms with Crippen LogP contribution in [0.15, 0.2) is 30.3 Å². The highest BCUT2D eigenvalue weighted by atomic mass is 16.5. The average molecular weight is 258 g/mol. The summed E-state index contributed by atoms with van der Waals surface area (Å²) in [4.78, 5) is 4.56. The van der Waals surface area contributed by atoms with Crippen molar-refractivity contribution in [3.63, 3.8) is 0 Å². The Morgan fingerprint density at radius 2 is 2.05 bits per heavy atom. The lowest BCUT2D eigenvalue weighted by atomic mass is 10.2. The maximum atomic E-state index is 5.85. The van der Waals surface area contributed by atoms with Crippen molar-refractivity contribution in [2.75, 3.05) is 19.7 Å². The fourth-order valence-corrected chi connectivity index (χ4v) is 2.01. The van der Waals surface area contributed by atoms with Gasteiger partial charge in [0.1, 0.15) is 11.3 Å². The molecule has 1 aromatic carbocycles. The van der Waals surface area contributed by atoms with E-state index in [-0.39, 0.29) is 0 Å². The summed E-state index contributed by atoms with van der Waals surface area (Å²) in [5.41, 5.74) is 1.98. The van der Waals surface area contributed by atoms with Crippen LogP contribution in [0.4, 0.5) is 0 Å². The summed E-state index contributed by atoms with van der Waals surface area (Å²) in [6, 6.07) is 10.2. The second-order valence-electron chi connectivity index (χ2n) is 4.73. The molecule has 2 aromatic rings. The van der Waals surface area contributed by atoms with E-state index in [1.807, 2.05) is 25.1 Å². The van der Waals surface area contributed by atoms with E-state index in [0.29, 0.717) is 0 Å². The summed E-state index contributed by atoms with van der Waals surface area (Å²) in [7, 11) is 0. The van der Waals surface area contributed by atoms with Crippen LogP contribution in [0, 0.1) is 6.92 Å². The molecule has 0 bridgehead atoms. The molecule has 0 fully saturated rings. The van der Waals surface area contributed by atoms with Gasteiger partial charge in [0.05, 0.1) is 6.61 Å². The van der Waals surface area contributed by atoms with Crippen molar-refractivity contribution in [2.45, 2.75) is 26.7 Å². The predicted molar refractivity (Wildman–Crippen MR) is 79.8 cm³/mol. The average Bonchev–Trinajstić information content (AvgIpc) is 2.43. The van der Waals surface area contributed by atoms with Crippen LogP contribution < -0.4 is 10.1 Å². The van der Waals surface area contributed by atoms with E-state index in [1.54, 1.807) is 0 Å². The third-order valence-corrected chi connectivity index (χ3v) is 3.00. The molecule has 3 heteroatoms. The second-order valence-corrected chi connectivity index (χ2v) is 4.73. The topological polar surface area (TPSA) is 34.1 Å². The maximum absolute atomic E-state index is 5.85. The van der Waals surface area contributed by atoms with Crippen LogP contribution in [-0.4, -0.2) is 24.7 Å². The number of nitrogens with zero attached hydrogens (tertiary/aromatic N) is 1. The SMILES string of the molecule is CCCNCCCOc1cccc2ccc(C)nc12. The number of benzene rings is 1. The molecule has 0 unspecified atom stereocenters. The molecule has 2 rings (SSSR count). The van der Waals surface area contributed by atoms with Crippen LogP contribution in [0.5, 0.6) is 5.75 Å². The van der Waals surface area contributed by atoms with Crippen LogP contribution in [0.25, 0.3) is 10.9 Å². The molecule has 1 aromatic heterocycles. The molecular weight excluding hydrogens is 236 g/mol. The summed E-state index contributed by atoms with van der Waals surface area (Å²) in [5.74, 6) is 0.886. The third-order valence-electron chi connectivity index (χ3n) is 3.00. The zero-order chi connectivity index (χ0) is 13.5.